The second kappa shape index (κ2) is 7.71. The summed E-state index contributed by atoms with van der Waals surface area (Å²) < 4.78 is 0.915. The molecule has 0 fully saturated rings. The van der Waals surface area contributed by atoms with E-state index in [1.807, 2.05) is 19.9 Å². The van der Waals surface area contributed by atoms with Crippen LogP contribution in [-0.2, 0) is 19.5 Å². The van der Waals surface area contributed by atoms with Crippen molar-refractivity contribution in [3.05, 3.63) is 63.4 Å². The highest BCUT2D eigenvalue weighted by molar-refractivity contribution is 9.10. The highest BCUT2D eigenvalue weighted by Gasteiger charge is 2.16. The molecule has 1 aromatic carbocycles. The molecule has 0 saturated carbocycles. The number of fused-ring (bicyclic) bond motifs is 1. The molecule has 1 aliphatic rings. The molecule has 0 aliphatic carbocycles. The van der Waals surface area contributed by atoms with Gasteiger partial charge in [0.1, 0.15) is 4.60 Å². The normalized spacial score (nSPS) is 14.1. The Morgan fingerprint density at radius 3 is 2.52 bits per heavy atom. The second-order valence-electron chi connectivity index (χ2n) is 5.11. The predicted octanol–water partition coefficient (Wildman–Crippen LogP) is 4.74. The van der Waals surface area contributed by atoms with E-state index in [1.54, 1.807) is 0 Å². The molecule has 3 heteroatoms. The second-order valence-corrected chi connectivity index (χ2v) is 5.92. The van der Waals surface area contributed by atoms with Gasteiger partial charge in [0, 0.05) is 25.3 Å². The number of halogens is 1. The Kier molecular flexibility index (Phi) is 5.95. The molecule has 2 aromatic rings. The van der Waals surface area contributed by atoms with Gasteiger partial charge in [-0.3, -0.25) is 4.90 Å². The molecule has 0 spiro atoms. The van der Waals surface area contributed by atoms with Crippen LogP contribution < -0.4 is 0 Å². The maximum atomic E-state index is 4.47. The maximum Gasteiger partial charge on any atom is 0.106 e. The van der Waals surface area contributed by atoms with Crippen LogP contribution in [0.5, 0.6) is 0 Å². The van der Waals surface area contributed by atoms with Gasteiger partial charge in [-0.2, -0.15) is 0 Å². The summed E-state index contributed by atoms with van der Waals surface area (Å²) in [6.07, 6.45) is 1.15. The van der Waals surface area contributed by atoms with Crippen molar-refractivity contribution in [1.29, 1.82) is 0 Å². The molecule has 0 radical (unpaired) electrons. The van der Waals surface area contributed by atoms with Gasteiger partial charge in [0.05, 0.1) is 0 Å². The smallest absolute Gasteiger partial charge is 0.106 e. The van der Waals surface area contributed by atoms with Gasteiger partial charge in [-0.15, -0.1) is 0 Å². The molecule has 3 rings (SSSR count). The zero-order valence-electron chi connectivity index (χ0n) is 13.1. The van der Waals surface area contributed by atoms with Gasteiger partial charge in [0.25, 0.3) is 0 Å². The van der Waals surface area contributed by atoms with E-state index in [-0.39, 0.29) is 0 Å². The van der Waals surface area contributed by atoms with Gasteiger partial charge in [-0.05, 0) is 52.0 Å². The molecule has 2 nitrogen and oxygen atoms in total. The van der Waals surface area contributed by atoms with Crippen molar-refractivity contribution in [3.63, 3.8) is 0 Å². The molecule has 0 saturated heterocycles. The van der Waals surface area contributed by atoms with E-state index < -0.39 is 0 Å². The van der Waals surface area contributed by atoms with Crippen molar-refractivity contribution in [2.45, 2.75) is 40.3 Å². The molecule has 0 atom stereocenters. The lowest BCUT2D eigenvalue weighted by atomic mass is 9.99. The Balaban J connectivity index is 0.000000774. The molecule has 1 aromatic heterocycles. The number of pyridine rings is 1. The van der Waals surface area contributed by atoms with E-state index in [0.717, 1.165) is 36.4 Å². The van der Waals surface area contributed by atoms with Crippen molar-refractivity contribution in [2.24, 2.45) is 0 Å². The molecule has 0 N–H and O–H groups in total. The molecule has 1 aliphatic heterocycles. The largest absolute Gasteiger partial charge is 0.294 e. The van der Waals surface area contributed by atoms with E-state index >= 15 is 0 Å². The lowest BCUT2D eigenvalue weighted by Gasteiger charge is -2.29. The quantitative estimate of drug-likeness (QED) is 0.730. The number of aryl methyl sites for hydroxylation is 1. The molecule has 0 bridgehead atoms. The fourth-order valence-corrected chi connectivity index (χ4v) is 3.05. The minimum atomic E-state index is 0.915. The van der Waals surface area contributed by atoms with E-state index in [9.17, 15) is 0 Å². The fraction of sp³-hybridized carbons (Fsp3) is 0.389. The summed E-state index contributed by atoms with van der Waals surface area (Å²) in [5, 5.41) is 0. The minimum absolute atomic E-state index is 0.915. The Morgan fingerprint density at radius 2 is 1.81 bits per heavy atom. The first-order chi connectivity index (χ1) is 10.2. The molecular weight excluding hydrogens is 324 g/mol. The average Bonchev–Trinajstić information content (AvgIpc) is 2.52. The summed E-state index contributed by atoms with van der Waals surface area (Å²) in [6.45, 7) is 9.25. The highest BCUT2D eigenvalue weighted by Crippen LogP contribution is 2.21. The molecule has 0 unspecified atom stereocenters. The van der Waals surface area contributed by atoms with Crippen molar-refractivity contribution in [1.82, 2.24) is 9.88 Å². The Bertz CT molecular complexity index is 596. The van der Waals surface area contributed by atoms with Crippen LogP contribution in [0.15, 0.2) is 41.0 Å². The summed E-state index contributed by atoms with van der Waals surface area (Å²) in [5.41, 5.74) is 5.41. The first-order valence-electron chi connectivity index (χ1n) is 7.63. The molecule has 112 valence electrons. The van der Waals surface area contributed by atoms with Gasteiger partial charge >= 0.3 is 0 Å². The van der Waals surface area contributed by atoms with Gasteiger partial charge in [0.2, 0.25) is 0 Å². The topological polar surface area (TPSA) is 16.1 Å². The predicted molar refractivity (Wildman–Crippen MR) is 92.3 cm³/mol. The fourth-order valence-electron chi connectivity index (χ4n) is 2.66. The Morgan fingerprint density at radius 1 is 1.10 bits per heavy atom. The summed E-state index contributed by atoms with van der Waals surface area (Å²) in [4.78, 5) is 6.97. The van der Waals surface area contributed by atoms with Crippen LogP contribution in [0.4, 0.5) is 0 Å². The number of nitrogens with zero attached hydrogens (tertiary/aromatic N) is 2. The highest BCUT2D eigenvalue weighted by atomic mass is 79.9. The van der Waals surface area contributed by atoms with Crippen LogP contribution in [0.25, 0.3) is 0 Å². The van der Waals surface area contributed by atoms with E-state index in [1.165, 1.54) is 16.7 Å². The minimum Gasteiger partial charge on any atom is -0.294 e. The lowest BCUT2D eigenvalue weighted by Crippen LogP contribution is -2.30. The number of hydrogen-bond acceptors (Lipinski definition) is 2. The first kappa shape index (κ1) is 16.2. The van der Waals surface area contributed by atoms with Crippen LogP contribution >= 0.6 is 15.9 Å². The zero-order valence-corrected chi connectivity index (χ0v) is 14.7. The third kappa shape index (κ3) is 4.14. The van der Waals surface area contributed by atoms with Gasteiger partial charge < -0.3 is 0 Å². The third-order valence-electron chi connectivity index (χ3n) is 3.76. The van der Waals surface area contributed by atoms with Crippen molar-refractivity contribution in [2.75, 3.05) is 6.54 Å². The molecule has 21 heavy (non-hydrogen) atoms. The Hall–Kier alpha value is -1.19. The number of rotatable bonds is 2. The van der Waals surface area contributed by atoms with Crippen molar-refractivity contribution >= 4 is 15.9 Å². The van der Waals surface area contributed by atoms with E-state index in [2.05, 4.69) is 63.1 Å². The number of hydrogen-bond donors (Lipinski definition) is 0. The summed E-state index contributed by atoms with van der Waals surface area (Å²) in [5.74, 6) is 0. The van der Waals surface area contributed by atoms with E-state index in [0.29, 0.717) is 0 Å². The first-order valence-corrected chi connectivity index (χ1v) is 8.43. The summed E-state index contributed by atoms with van der Waals surface area (Å²) >= 11 is 3.42. The SMILES string of the molecule is CC.Cc1nc(Br)ccc1CN1CCc2ccccc2C1. The molecule has 0 amide bonds. The van der Waals surface area contributed by atoms with Crippen LogP contribution in [0.3, 0.4) is 0 Å². The molecular formula is C18H23BrN2. The van der Waals surface area contributed by atoms with Crippen LogP contribution in [0.1, 0.15) is 36.2 Å². The van der Waals surface area contributed by atoms with Crippen molar-refractivity contribution < 1.29 is 0 Å². The standard InChI is InChI=1S/C16H17BrN2.C2H6/c1-12-14(6-7-16(17)18-12)10-19-9-8-13-4-2-3-5-15(13)11-19;1-2/h2-7H,8-11H2,1H3;1-2H3. The lowest BCUT2D eigenvalue weighted by molar-refractivity contribution is 0.245. The number of benzene rings is 1. The van der Waals surface area contributed by atoms with Gasteiger partial charge in [-0.25, -0.2) is 4.98 Å². The van der Waals surface area contributed by atoms with Crippen LogP contribution in [0.2, 0.25) is 0 Å². The van der Waals surface area contributed by atoms with Crippen molar-refractivity contribution in [3.8, 4) is 0 Å². The van der Waals surface area contributed by atoms with E-state index in [4.69, 9.17) is 0 Å². The van der Waals surface area contributed by atoms with Crippen LogP contribution in [0, 0.1) is 6.92 Å². The Labute approximate surface area is 136 Å². The monoisotopic (exact) mass is 346 g/mol. The third-order valence-corrected chi connectivity index (χ3v) is 4.21. The van der Waals surface area contributed by atoms with Gasteiger partial charge in [-0.1, -0.05) is 44.2 Å². The maximum absolute atomic E-state index is 4.47. The summed E-state index contributed by atoms with van der Waals surface area (Å²) in [7, 11) is 0. The average molecular weight is 347 g/mol. The van der Waals surface area contributed by atoms with Gasteiger partial charge in [0.15, 0.2) is 0 Å². The summed E-state index contributed by atoms with van der Waals surface area (Å²) in [6, 6.07) is 13.0. The molecule has 2 heterocycles. The number of aromatic nitrogens is 1. The zero-order chi connectivity index (χ0) is 15.2. The van der Waals surface area contributed by atoms with Crippen LogP contribution in [-0.4, -0.2) is 16.4 Å².